The van der Waals surface area contributed by atoms with Gasteiger partial charge in [-0.25, -0.2) is 0 Å². The molecule has 1 atom stereocenters. The van der Waals surface area contributed by atoms with Gasteiger partial charge in [0.05, 0.1) is 13.2 Å². The summed E-state index contributed by atoms with van der Waals surface area (Å²) in [4.78, 5) is 32.9. The molecule has 1 N–H and O–H groups in total. The molecule has 1 fully saturated rings. The summed E-state index contributed by atoms with van der Waals surface area (Å²) in [6.45, 7) is 3.57. The second kappa shape index (κ2) is 8.53. The number of amides is 2. The summed E-state index contributed by atoms with van der Waals surface area (Å²) < 4.78 is 6.05. The zero-order valence-electron chi connectivity index (χ0n) is 18.0. The van der Waals surface area contributed by atoms with Crippen LogP contribution in [0.2, 0.25) is 0 Å². The fourth-order valence-electron chi connectivity index (χ4n) is 3.80. The summed E-state index contributed by atoms with van der Waals surface area (Å²) in [7, 11) is 3.36. The molecule has 2 heterocycles. The Morgan fingerprint density at radius 1 is 1.20 bits per heavy atom. The van der Waals surface area contributed by atoms with Crippen LogP contribution in [0.4, 0.5) is 0 Å². The molecule has 0 unspecified atom stereocenters. The summed E-state index contributed by atoms with van der Waals surface area (Å²) in [6, 6.07) is 11.8. The number of benzene rings is 1. The van der Waals surface area contributed by atoms with Gasteiger partial charge in [0.2, 0.25) is 0 Å². The van der Waals surface area contributed by atoms with Crippen molar-refractivity contribution in [1.29, 1.82) is 0 Å². The van der Waals surface area contributed by atoms with Gasteiger partial charge in [-0.15, -0.1) is 0 Å². The number of rotatable bonds is 5. The van der Waals surface area contributed by atoms with Crippen LogP contribution in [0.5, 0.6) is 0 Å². The Hall–Kier alpha value is -2.77. The standard InChI is InChI=1S/C23H29N3O4/c1-22(2,29)20(27)26-12-13-30-23(16-26,21(28)25(3)4)15-17-6-5-7-19(14-17)18-8-10-24-11-9-18/h5-11,14,29H,12-13,15-16H2,1-4H3/t23-/m0/s1. The fourth-order valence-corrected chi connectivity index (χ4v) is 3.80. The number of aromatic nitrogens is 1. The highest BCUT2D eigenvalue weighted by Crippen LogP contribution is 2.29. The van der Waals surface area contributed by atoms with Crippen LogP contribution < -0.4 is 0 Å². The molecule has 160 valence electrons. The highest BCUT2D eigenvalue weighted by Gasteiger charge is 2.47. The summed E-state index contributed by atoms with van der Waals surface area (Å²) in [5, 5.41) is 10.2. The van der Waals surface area contributed by atoms with Crippen LogP contribution in [0.1, 0.15) is 19.4 Å². The van der Waals surface area contributed by atoms with Crippen LogP contribution in [-0.2, 0) is 20.7 Å². The van der Waals surface area contributed by atoms with Crippen molar-refractivity contribution in [2.75, 3.05) is 33.8 Å². The number of aliphatic hydroxyl groups is 1. The normalized spacial score (nSPS) is 19.4. The van der Waals surface area contributed by atoms with Crippen molar-refractivity contribution in [3.05, 3.63) is 54.4 Å². The summed E-state index contributed by atoms with van der Waals surface area (Å²) in [5.74, 6) is -0.614. The lowest BCUT2D eigenvalue weighted by atomic mass is 9.89. The van der Waals surface area contributed by atoms with Crippen molar-refractivity contribution in [3.63, 3.8) is 0 Å². The quantitative estimate of drug-likeness (QED) is 0.811. The average Bonchev–Trinajstić information content (AvgIpc) is 2.73. The van der Waals surface area contributed by atoms with Crippen LogP contribution in [0.3, 0.4) is 0 Å². The van der Waals surface area contributed by atoms with Gasteiger partial charge >= 0.3 is 0 Å². The predicted octanol–water partition coefficient (Wildman–Crippen LogP) is 1.75. The molecule has 2 amide bonds. The lowest BCUT2D eigenvalue weighted by Crippen LogP contribution is -2.63. The molecular weight excluding hydrogens is 382 g/mol. The van der Waals surface area contributed by atoms with E-state index >= 15 is 0 Å². The molecule has 7 nitrogen and oxygen atoms in total. The van der Waals surface area contributed by atoms with E-state index in [2.05, 4.69) is 4.98 Å². The molecule has 1 saturated heterocycles. The molecule has 3 rings (SSSR count). The largest absolute Gasteiger partial charge is 0.381 e. The minimum Gasteiger partial charge on any atom is -0.381 e. The first kappa shape index (κ1) is 21.9. The predicted molar refractivity (Wildman–Crippen MR) is 114 cm³/mol. The summed E-state index contributed by atoms with van der Waals surface area (Å²) >= 11 is 0. The number of likely N-dealkylation sites (N-methyl/N-ethyl adjacent to an activating group) is 1. The van der Waals surface area contributed by atoms with Gasteiger partial charge in [-0.3, -0.25) is 14.6 Å². The molecule has 1 aromatic heterocycles. The molecule has 30 heavy (non-hydrogen) atoms. The van der Waals surface area contributed by atoms with Gasteiger partial charge in [0.15, 0.2) is 5.60 Å². The number of hydrogen-bond acceptors (Lipinski definition) is 5. The highest BCUT2D eigenvalue weighted by atomic mass is 16.5. The van der Waals surface area contributed by atoms with Gasteiger partial charge in [0.1, 0.15) is 5.60 Å². The average molecular weight is 412 g/mol. The number of hydrogen-bond donors (Lipinski definition) is 1. The van der Waals surface area contributed by atoms with Crippen molar-refractivity contribution >= 4 is 11.8 Å². The Morgan fingerprint density at radius 2 is 1.90 bits per heavy atom. The fraction of sp³-hybridized carbons (Fsp3) is 0.435. The zero-order chi connectivity index (χ0) is 21.9. The van der Waals surface area contributed by atoms with Crippen molar-refractivity contribution in [1.82, 2.24) is 14.8 Å². The van der Waals surface area contributed by atoms with Crippen LogP contribution in [0.25, 0.3) is 11.1 Å². The molecule has 0 saturated carbocycles. The first-order valence-electron chi connectivity index (χ1n) is 9.99. The van der Waals surface area contributed by atoms with E-state index in [0.29, 0.717) is 13.0 Å². The maximum atomic E-state index is 13.2. The first-order valence-corrected chi connectivity index (χ1v) is 9.99. The molecule has 1 aliphatic heterocycles. The van der Waals surface area contributed by atoms with Gasteiger partial charge in [-0.1, -0.05) is 24.3 Å². The second-order valence-corrected chi connectivity index (χ2v) is 8.44. The van der Waals surface area contributed by atoms with Gasteiger partial charge in [0.25, 0.3) is 11.8 Å². The van der Waals surface area contributed by atoms with Crippen molar-refractivity contribution < 1.29 is 19.4 Å². The minimum atomic E-state index is -1.51. The highest BCUT2D eigenvalue weighted by molar-refractivity contribution is 5.89. The maximum absolute atomic E-state index is 13.2. The first-order chi connectivity index (χ1) is 14.1. The van der Waals surface area contributed by atoms with Crippen molar-refractivity contribution in [2.24, 2.45) is 0 Å². The topological polar surface area (TPSA) is 83.0 Å². The molecule has 0 radical (unpaired) electrons. The van der Waals surface area contributed by atoms with E-state index in [1.54, 1.807) is 26.5 Å². The molecule has 0 bridgehead atoms. The Balaban J connectivity index is 1.93. The SMILES string of the molecule is CN(C)C(=O)[C@]1(Cc2cccc(-c3ccncc3)c2)CN(C(=O)C(C)(C)O)CCO1. The number of carbonyl (C=O) groups excluding carboxylic acids is 2. The Kier molecular flexibility index (Phi) is 6.24. The monoisotopic (exact) mass is 411 g/mol. The Morgan fingerprint density at radius 3 is 2.53 bits per heavy atom. The van der Waals surface area contributed by atoms with E-state index in [0.717, 1.165) is 16.7 Å². The summed E-state index contributed by atoms with van der Waals surface area (Å²) in [5.41, 5.74) is 0.258. The number of morpholine rings is 1. The minimum absolute atomic E-state index is 0.0896. The molecule has 2 aromatic rings. The van der Waals surface area contributed by atoms with Gasteiger partial charge in [0, 0.05) is 39.5 Å². The van der Waals surface area contributed by atoms with Crippen molar-refractivity contribution in [2.45, 2.75) is 31.5 Å². The molecule has 0 spiro atoms. The van der Waals surface area contributed by atoms with E-state index in [9.17, 15) is 14.7 Å². The molecular formula is C23H29N3O4. The van der Waals surface area contributed by atoms with Gasteiger partial charge in [-0.2, -0.15) is 0 Å². The van der Waals surface area contributed by atoms with E-state index in [1.165, 1.54) is 23.6 Å². The Bertz CT molecular complexity index is 908. The number of nitrogens with zero attached hydrogens (tertiary/aromatic N) is 3. The smallest absolute Gasteiger partial charge is 0.256 e. The lowest BCUT2D eigenvalue weighted by Gasteiger charge is -2.44. The third-order valence-corrected chi connectivity index (χ3v) is 5.22. The van der Waals surface area contributed by atoms with Crippen molar-refractivity contribution in [3.8, 4) is 11.1 Å². The van der Waals surface area contributed by atoms with E-state index in [4.69, 9.17) is 4.74 Å². The van der Waals surface area contributed by atoms with Crippen LogP contribution >= 0.6 is 0 Å². The number of ether oxygens (including phenoxy) is 1. The molecule has 1 aliphatic rings. The van der Waals surface area contributed by atoms with Crippen LogP contribution in [0, 0.1) is 0 Å². The van der Waals surface area contributed by atoms with E-state index < -0.39 is 17.1 Å². The van der Waals surface area contributed by atoms with Gasteiger partial charge < -0.3 is 19.6 Å². The third kappa shape index (κ3) is 4.68. The third-order valence-electron chi connectivity index (χ3n) is 5.22. The number of carbonyl (C=O) groups is 2. The Labute approximate surface area is 177 Å². The van der Waals surface area contributed by atoms with E-state index in [-0.39, 0.29) is 19.1 Å². The molecule has 7 heteroatoms. The molecule has 1 aromatic carbocycles. The second-order valence-electron chi connectivity index (χ2n) is 8.44. The maximum Gasteiger partial charge on any atom is 0.256 e. The molecule has 0 aliphatic carbocycles. The van der Waals surface area contributed by atoms with Crippen LogP contribution in [-0.4, -0.2) is 76.7 Å². The van der Waals surface area contributed by atoms with E-state index in [1.807, 2.05) is 36.4 Å². The zero-order valence-corrected chi connectivity index (χ0v) is 18.0. The lowest BCUT2D eigenvalue weighted by molar-refractivity contribution is -0.178. The number of pyridine rings is 1. The summed E-state index contributed by atoms with van der Waals surface area (Å²) in [6.07, 6.45) is 3.80. The van der Waals surface area contributed by atoms with Gasteiger partial charge in [-0.05, 0) is 42.7 Å². The van der Waals surface area contributed by atoms with Crippen LogP contribution in [0.15, 0.2) is 48.8 Å².